The number of carbonyl (C=O) groups excluding carboxylic acids is 4. The lowest BCUT2D eigenvalue weighted by molar-refractivity contribution is 0.0882. The van der Waals surface area contributed by atoms with Gasteiger partial charge in [0.2, 0.25) is 0 Å². The summed E-state index contributed by atoms with van der Waals surface area (Å²) in [6.07, 6.45) is -0.991. The van der Waals surface area contributed by atoms with Gasteiger partial charge in [0.15, 0.2) is 23.1 Å². The number of ketones is 4. The third-order valence-electron chi connectivity index (χ3n) is 4.30. The minimum atomic E-state index is -0.608. The van der Waals surface area contributed by atoms with Crippen molar-refractivity contribution >= 4 is 23.1 Å². The van der Waals surface area contributed by atoms with Gasteiger partial charge in [0.25, 0.3) is 0 Å². The Morgan fingerprint density at radius 3 is 1.30 bits per heavy atom. The Kier molecular flexibility index (Phi) is 6.32. The number of nitrogens with zero attached hydrogens (tertiary/aromatic N) is 1. The topological polar surface area (TPSA) is 81.2 Å². The van der Waals surface area contributed by atoms with Crippen LogP contribution in [0.25, 0.3) is 0 Å². The molecule has 5 nitrogen and oxygen atoms in total. The molecule has 0 aliphatic rings. The third-order valence-corrected chi connectivity index (χ3v) is 4.30. The van der Waals surface area contributed by atoms with E-state index in [0.29, 0.717) is 0 Å². The summed E-state index contributed by atoms with van der Waals surface area (Å²) >= 11 is 0. The van der Waals surface area contributed by atoms with Crippen LogP contribution in [0.4, 0.5) is 8.78 Å². The molecule has 0 unspecified atom stereocenters. The van der Waals surface area contributed by atoms with Gasteiger partial charge in [0.1, 0.15) is 23.0 Å². The van der Waals surface area contributed by atoms with Crippen molar-refractivity contribution in [2.75, 3.05) is 0 Å². The Bertz CT molecular complexity index is 1040. The first kappa shape index (κ1) is 20.9. The van der Waals surface area contributed by atoms with Crippen molar-refractivity contribution in [2.45, 2.75) is 12.8 Å². The van der Waals surface area contributed by atoms with E-state index in [-0.39, 0.29) is 22.5 Å². The number of rotatable bonds is 8. The van der Waals surface area contributed by atoms with Gasteiger partial charge >= 0.3 is 0 Å². The highest BCUT2D eigenvalue weighted by Gasteiger charge is 2.19. The van der Waals surface area contributed by atoms with Crippen molar-refractivity contribution in [2.24, 2.45) is 0 Å². The lowest BCUT2D eigenvalue weighted by atomic mass is 10.0. The molecule has 7 heteroatoms. The van der Waals surface area contributed by atoms with Crippen LogP contribution in [0.3, 0.4) is 0 Å². The minimum absolute atomic E-state index is 0.0921. The van der Waals surface area contributed by atoms with Crippen molar-refractivity contribution in [3.05, 3.63) is 101 Å². The molecule has 3 aromatic rings. The van der Waals surface area contributed by atoms with E-state index >= 15 is 0 Å². The van der Waals surface area contributed by atoms with Gasteiger partial charge in [-0.3, -0.25) is 19.2 Å². The molecular weight excluding hydrogens is 392 g/mol. The molecule has 0 bridgehead atoms. The van der Waals surface area contributed by atoms with E-state index in [1.165, 1.54) is 42.5 Å². The summed E-state index contributed by atoms with van der Waals surface area (Å²) in [6, 6.07) is 13.7. The van der Waals surface area contributed by atoms with Gasteiger partial charge in [-0.25, -0.2) is 13.8 Å². The maximum atomic E-state index is 13.0. The Morgan fingerprint density at radius 1 is 0.567 bits per heavy atom. The van der Waals surface area contributed by atoms with Crippen LogP contribution < -0.4 is 0 Å². The van der Waals surface area contributed by atoms with Crippen molar-refractivity contribution in [3.8, 4) is 0 Å². The van der Waals surface area contributed by atoms with Crippen LogP contribution in [0.15, 0.2) is 66.7 Å². The van der Waals surface area contributed by atoms with E-state index < -0.39 is 47.6 Å². The molecule has 0 spiro atoms. The molecule has 2 aromatic carbocycles. The fourth-order valence-electron chi connectivity index (χ4n) is 2.69. The smallest absolute Gasteiger partial charge is 0.188 e. The van der Waals surface area contributed by atoms with Crippen LogP contribution in [-0.2, 0) is 0 Å². The van der Waals surface area contributed by atoms with Gasteiger partial charge in [-0.15, -0.1) is 0 Å². The summed E-state index contributed by atoms with van der Waals surface area (Å²) in [6.45, 7) is 0. The molecule has 150 valence electrons. The number of Topliss-reactive ketones (excluding diaryl/α,β-unsaturated/α-hetero) is 4. The van der Waals surface area contributed by atoms with Crippen LogP contribution in [0.2, 0.25) is 0 Å². The highest BCUT2D eigenvalue weighted by atomic mass is 19.1. The molecule has 0 aliphatic heterocycles. The van der Waals surface area contributed by atoms with Crippen LogP contribution in [-0.4, -0.2) is 28.1 Å². The molecule has 0 aliphatic carbocycles. The first-order chi connectivity index (χ1) is 14.3. The first-order valence-corrected chi connectivity index (χ1v) is 8.94. The van der Waals surface area contributed by atoms with Gasteiger partial charge in [0.05, 0.1) is 12.8 Å². The number of pyridine rings is 1. The SMILES string of the molecule is O=C(CC(=O)c1cccc(C(=O)CC(=O)c2ccc(F)cc2)n1)c1ccc(F)cc1. The molecule has 30 heavy (non-hydrogen) atoms. The van der Waals surface area contributed by atoms with E-state index in [1.54, 1.807) is 0 Å². The summed E-state index contributed by atoms with van der Waals surface area (Å²) in [7, 11) is 0. The summed E-state index contributed by atoms with van der Waals surface area (Å²) < 4.78 is 25.9. The summed E-state index contributed by atoms with van der Waals surface area (Å²) in [5, 5.41) is 0. The molecule has 0 amide bonds. The number of halogens is 2. The van der Waals surface area contributed by atoms with Crippen LogP contribution >= 0.6 is 0 Å². The molecule has 3 rings (SSSR count). The van der Waals surface area contributed by atoms with Crippen LogP contribution in [0.1, 0.15) is 54.5 Å². The van der Waals surface area contributed by atoms with Crippen molar-refractivity contribution < 1.29 is 28.0 Å². The monoisotopic (exact) mass is 407 g/mol. The van der Waals surface area contributed by atoms with Crippen molar-refractivity contribution in [3.63, 3.8) is 0 Å². The predicted molar refractivity (Wildman–Crippen MR) is 104 cm³/mol. The van der Waals surface area contributed by atoms with Gasteiger partial charge < -0.3 is 0 Å². The van der Waals surface area contributed by atoms with E-state index in [9.17, 15) is 28.0 Å². The minimum Gasteiger partial charge on any atom is -0.294 e. The van der Waals surface area contributed by atoms with E-state index in [4.69, 9.17) is 0 Å². The fraction of sp³-hybridized carbons (Fsp3) is 0.0870. The lowest BCUT2D eigenvalue weighted by Gasteiger charge is -2.04. The number of hydrogen-bond acceptors (Lipinski definition) is 5. The molecule has 0 atom stereocenters. The zero-order valence-corrected chi connectivity index (χ0v) is 15.6. The fourth-order valence-corrected chi connectivity index (χ4v) is 2.69. The zero-order valence-electron chi connectivity index (χ0n) is 15.6. The molecule has 0 fully saturated rings. The second kappa shape index (κ2) is 9.09. The zero-order chi connectivity index (χ0) is 21.7. The lowest BCUT2D eigenvalue weighted by Crippen LogP contribution is -2.14. The van der Waals surface area contributed by atoms with E-state index in [0.717, 1.165) is 24.3 Å². The Morgan fingerprint density at radius 2 is 0.933 bits per heavy atom. The standard InChI is InChI=1S/C23H15F2NO4/c24-16-8-4-14(5-9-16)20(27)12-22(29)18-2-1-3-19(26-18)23(30)13-21(28)15-6-10-17(25)11-7-15/h1-11H,12-13H2. The number of benzene rings is 2. The second-order valence-corrected chi connectivity index (χ2v) is 6.47. The molecule has 0 radical (unpaired) electrons. The Hall–Kier alpha value is -3.87. The molecule has 1 heterocycles. The van der Waals surface area contributed by atoms with Gasteiger partial charge in [0, 0.05) is 11.1 Å². The quantitative estimate of drug-likeness (QED) is 0.411. The first-order valence-electron chi connectivity index (χ1n) is 8.94. The highest BCUT2D eigenvalue weighted by molar-refractivity contribution is 6.14. The van der Waals surface area contributed by atoms with Crippen LogP contribution in [0.5, 0.6) is 0 Å². The molecular formula is C23H15F2NO4. The van der Waals surface area contributed by atoms with Gasteiger partial charge in [-0.05, 0) is 60.7 Å². The third kappa shape index (κ3) is 5.14. The Labute approximate surface area is 170 Å². The summed E-state index contributed by atoms with van der Waals surface area (Å²) in [5.74, 6) is -3.23. The number of aromatic nitrogens is 1. The molecule has 1 aromatic heterocycles. The number of hydrogen-bond donors (Lipinski definition) is 0. The summed E-state index contributed by atoms with van der Waals surface area (Å²) in [4.78, 5) is 53.1. The average Bonchev–Trinajstić information content (AvgIpc) is 2.74. The van der Waals surface area contributed by atoms with Gasteiger partial charge in [-0.1, -0.05) is 6.07 Å². The molecule has 0 N–H and O–H groups in total. The molecule has 0 saturated heterocycles. The maximum Gasteiger partial charge on any atom is 0.188 e. The Balaban J connectivity index is 1.68. The van der Waals surface area contributed by atoms with Crippen molar-refractivity contribution in [1.82, 2.24) is 4.98 Å². The molecule has 0 saturated carbocycles. The average molecular weight is 407 g/mol. The normalized spacial score (nSPS) is 10.5. The number of carbonyl (C=O) groups is 4. The summed E-state index contributed by atoms with van der Waals surface area (Å²) in [5.41, 5.74) is 0.180. The van der Waals surface area contributed by atoms with E-state index in [1.807, 2.05) is 0 Å². The van der Waals surface area contributed by atoms with E-state index in [2.05, 4.69) is 4.98 Å². The predicted octanol–water partition coefficient (Wildman–Crippen LogP) is 4.27. The van der Waals surface area contributed by atoms with Crippen LogP contribution in [0, 0.1) is 11.6 Å². The van der Waals surface area contributed by atoms with Gasteiger partial charge in [-0.2, -0.15) is 0 Å². The second-order valence-electron chi connectivity index (χ2n) is 6.47. The van der Waals surface area contributed by atoms with Crippen molar-refractivity contribution in [1.29, 1.82) is 0 Å². The highest BCUT2D eigenvalue weighted by Crippen LogP contribution is 2.12. The largest absolute Gasteiger partial charge is 0.294 e. The maximum absolute atomic E-state index is 13.0.